The Hall–Kier alpha value is -1.56. The topological polar surface area (TPSA) is 46.3 Å². The highest BCUT2D eigenvalue weighted by Crippen LogP contribution is 2.22. The average molecular weight is 218 g/mol. The molecule has 2 N–H and O–H groups in total. The molecule has 1 aromatic rings. The number of nitrogens with two attached hydrogens (primary N) is 1. The van der Waals surface area contributed by atoms with Gasteiger partial charge in [0.05, 0.1) is 12.2 Å². The van der Waals surface area contributed by atoms with Gasteiger partial charge in [-0.25, -0.2) is 13.2 Å². The van der Waals surface area contributed by atoms with Crippen LogP contribution < -0.4 is 10.6 Å². The molecule has 0 spiro atoms. The van der Waals surface area contributed by atoms with Crippen molar-refractivity contribution in [1.29, 1.82) is 0 Å². The van der Waals surface area contributed by atoms with Crippen molar-refractivity contribution in [3.05, 3.63) is 29.6 Å². The Morgan fingerprint density at radius 2 is 1.93 bits per heavy atom. The Bertz CT molecular complexity index is 395. The van der Waals surface area contributed by atoms with Crippen molar-refractivity contribution in [2.75, 3.05) is 18.5 Å². The fourth-order valence-electron chi connectivity index (χ4n) is 1.05. The van der Waals surface area contributed by atoms with Crippen molar-refractivity contribution in [2.45, 2.75) is 0 Å². The van der Waals surface area contributed by atoms with Gasteiger partial charge in [-0.05, 0) is 12.1 Å². The van der Waals surface area contributed by atoms with Gasteiger partial charge in [-0.2, -0.15) is 0 Å². The molecule has 82 valence electrons. The van der Waals surface area contributed by atoms with E-state index in [4.69, 9.17) is 5.73 Å². The van der Waals surface area contributed by atoms with Crippen LogP contribution in [0.25, 0.3) is 0 Å². The van der Waals surface area contributed by atoms with Crippen LogP contribution in [0.15, 0.2) is 12.1 Å². The Morgan fingerprint density at radius 3 is 2.47 bits per heavy atom. The minimum absolute atomic E-state index is 0.338. The molecule has 0 saturated heterocycles. The van der Waals surface area contributed by atoms with E-state index in [1.165, 1.54) is 7.05 Å². The molecule has 0 atom stereocenters. The first-order chi connectivity index (χ1) is 6.99. The van der Waals surface area contributed by atoms with Crippen LogP contribution in [-0.2, 0) is 4.79 Å². The fraction of sp³-hybridized carbons (Fsp3) is 0.222. The summed E-state index contributed by atoms with van der Waals surface area (Å²) in [5.74, 6) is -4.91. The summed E-state index contributed by atoms with van der Waals surface area (Å²) in [5, 5.41) is 0. The second kappa shape index (κ2) is 4.31. The lowest BCUT2D eigenvalue weighted by Gasteiger charge is -2.17. The number of hydrogen-bond acceptors (Lipinski definition) is 2. The number of carbonyl (C=O) groups is 1. The highest BCUT2D eigenvalue weighted by atomic mass is 19.2. The molecule has 0 aromatic heterocycles. The summed E-state index contributed by atoms with van der Waals surface area (Å²) in [6, 6.07) is 1.72. The molecule has 1 aromatic carbocycles. The van der Waals surface area contributed by atoms with E-state index in [1.54, 1.807) is 0 Å². The molecule has 15 heavy (non-hydrogen) atoms. The number of rotatable bonds is 2. The minimum Gasteiger partial charge on any atom is -0.322 e. The van der Waals surface area contributed by atoms with Gasteiger partial charge >= 0.3 is 0 Å². The second-order valence-corrected chi connectivity index (χ2v) is 2.85. The molecule has 0 saturated carbocycles. The molecule has 0 aliphatic rings. The quantitative estimate of drug-likeness (QED) is 0.753. The van der Waals surface area contributed by atoms with Gasteiger partial charge in [-0.1, -0.05) is 0 Å². The maximum Gasteiger partial charge on any atom is 0.240 e. The molecule has 0 heterocycles. The maximum atomic E-state index is 13.2. The SMILES string of the molecule is CN(C(=O)CN)c1ccc(F)c(F)c1F. The van der Waals surface area contributed by atoms with Crippen molar-refractivity contribution < 1.29 is 18.0 Å². The molecular weight excluding hydrogens is 209 g/mol. The second-order valence-electron chi connectivity index (χ2n) is 2.85. The molecule has 0 aliphatic carbocycles. The summed E-state index contributed by atoms with van der Waals surface area (Å²) in [5.41, 5.74) is 4.70. The Balaban J connectivity index is 3.16. The van der Waals surface area contributed by atoms with E-state index in [1.807, 2.05) is 0 Å². The first-order valence-corrected chi connectivity index (χ1v) is 4.09. The third-order valence-corrected chi connectivity index (χ3v) is 1.92. The number of anilines is 1. The molecule has 0 fully saturated rings. The highest BCUT2D eigenvalue weighted by Gasteiger charge is 2.18. The minimum atomic E-state index is -1.61. The summed E-state index contributed by atoms with van der Waals surface area (Å²) in [7, 11) is 1.23. The average Bonchev–Trinajstić information content (AvgIpc) is 2.24. The van der Waals surface area contributed by atoms with Gasteiger partial charge in [0.15, 0.2) is 17.5 Å². The van der Waals surface area contributed by atoms with Crippen LogP contribution in [-0.4, -0.2) is 19.5 Å². The van der Waals surface area contributed by atoms with E-state index in [0.29, 0.717) is 0 Å². The lowest BCUT2D eigenvalue weighted by Crippen LogP contribution is -2.33. The van der Waals surface area contributed by atoms with Gasteiger partial charge in [0, 0.05) is 7.05 Å². The van der Waals surface area contributed by atoms with Crippen molar-refractivity contribution in [3.8, 4) is 0 Å². The number of nitrogens with zero attached hydrogens (tertiary/aromatic N) is 1. The molecule has 1 rings (SSSR count). The molecule has 0 radical (unpaired) electrons. The van der Waals surface area contributed by atoms with E-state index in [9.17, 15) is 18.0 Å². The van der Waals surface area contributed by atoms with E-state index in [2.05, 4.69) is 0 Å². The number of hydrogen-bond donors (Lipinski definition) is 1. The predicted octanol–water partition coefficient (Wildman–Crippen LogP) is 1.03. The lowest BCUT2D eigenvalue weighted by molar-refractivity contribution is -0.117. The number of carbonyl (C=O) groups excluding carboxylic acids is 1. The third-order valence-electron chi connectivity index (χ3n) is 1.92. The number of halogens is 3. The predicted molar refractivity (Wildman–Crippen MR) is 48.8 cm³/mol. The van der Waals surface area contributed by atoms with Gasteiger partial charge in [0.1, 0.15) is 0 Å². The third kappa shape index (κ3) is 2.10. The zero-order valence-corrected chi connectivity index (χ0v) is 7.93. The van der Waals surface area contributed by atoms with Crippen LogP contribution in [0.1, 0.15) is 0 Å². The van der Waals surface area contributed by atoms with Gasteiger partial charge in [-0.15, -0.1) is 0 Å². The van der Waals surface area contributed by atoms with Crippen LogP contribution in [0, 0.1) is 17.5 Å². The molecule has 6 heteroatoms. The standard InChI is InChI=1S/C9H9F3N2O/c1-14(7(15)4-13)6-3-2-5(10)8(11)9(6)12/h2-3H,4,13H2,1H3. The smallest absolute Gasteiger partial charge is 0.240 e. The van der Waals surface area contributed by atoms with Crippen LogP contribution in [0.2, 0.25) is 0 Å². The normalized spacial score (nSPS) is 10.2. The molecular formula is C9H9F3N2O. The summed E-state index contributed by atoms with van der Waals surface area (Å²) >= 11 is 0. The summed E-state index contributed by atoms with van der Waals surface area (Å²) in [6.45, 7) is -0.338. The summed E-state index contributed by atoms with van der Waals surface area (Å²) in [6.07, 6.45) is 0. The van der Waals surface area contributed by atoms with E-state index in [-0.39, 0.29) is 12.2 Å². The zero-order chi connectivity index (χ0) is 11.6. The fourth-order valence-corrected chi connectivity index (χ4v) is 1.05. The van der Waals surface area contributed by atoms with E-state index < -0.39 is 23.4 Å². The Kier molecular flexibility index (Phi) is 3.31. The summed E-state index contributed by atoms with van der Waals surface area (Å²) < 4.78 is 38.5. The Morgan fingerprint density at radius 1 is 1.33 bits per heavy atom. The first kappa shape index (κ1) is 11.5. The molecule has 1 amide bonds. The van der Waals surface area contributed by atoms with E-state index >= 15 is 0 Å². The van der Waals surface area contributed by atoms with Crippen LogP contribution in [0.4, 0.5) is 18.9 Å². The largest absolute Gasteiger partial charge is 0.322 e. The van der Waals surface area contributed by atoms with Crippen molar-refractivity contribution in [1.82, 2.24) is 0 Å². The number of amides is 1. The zero-order valence-electron chi connectivity index (χ0n) is 7.93. The highest BCUT2D eigenvalue weighted by molar-refractivity contribution is 5.94. The maximum absolute atomic E-state index is 13.2. The van der Waals surface area contributed by atoms with Gasteiger partial charge in [-0.3, -0.25) is 4.79 Å². The first-order valence-electron chi connectivity index (χ1n) is 4.09. The van der Waals surface area contributed by atoms with Crippen molar-refractivity contribution in [2.24, 2.45) is 5.73 Å². The number of likely N-dealkylation sites (N-methyl/N-ethyl adjacent to an activating group) is 1. The van der Waals surface area contributed by atoms with Crippen LogP contribution in [0.5, 0.6) is 0 Å². The number of benzene rings is 1. The van der Waals surface area contributed by atoms with Gasteiger partial charge < -0.3 is 10.6 Å². The lowest BCUT2D eigenvalue weighted by atomic mass is 10.2. The molecule has 3 nitrogen and oxygen atoms in total. The van der Waals surface area contributed by atoms with Crippen LogP contribution >= 0.6 is 0 Å². The summed E-state index contributed by atoms with van der Waals surface area (Å²) in [4.78, 5) is 11.9. The molecule has 0 bridgehead atoms. The van der Waals surface area contributed by atoms with Gasteiger partial charge in [0.2, 0.25) is 5.91 Å². The van der Waals surface area contributed by atoms with E-state index in [0.717, 1.165) is 17.0 Å². The molecule has 0 aliphatic heterocycles. The Labute approximate surface area is 84.3 Å². The monoisotopic (exact) mass is 218 g/mol. The van der Waals surface area contributed by atoms with Crippen molar-refractivity contribution in [3.63, 3.8) is 0 Å². The molecule has 0 unspecified atom stereocenters. The van der Waals surface area contributed by atoms with Crippen molar-refractivity contribution >= 4 is 11.6 Å². The van der Waals surface area contributed by atoms with Gasteiger partial charge in [0.25, 0.3) is 0 Å². The van der Waals surface area contributed by atoms with Crippen LogP contribution in [0.3, 0.4) is 0 Å².